The Balaban J connectivity index is 2.92. The summed E-state index contributed by atoms with van der Waals surface area (Å²) in [6, 6.07) is 8.10. The van der Waals surface area contributed by atoms with Crippen LogP contribution in [0.1, 0.15) is 53.5 Å². The van der Waals surface area contributed by atoms with Crippen LogP contribution in [0.5, 0.6) is 0 Å². The molecular formula is C24H39N3O3S2. The van der Waals surface area contributed by atoms with Gasteiger partial charge in [-0.05, 0) is 36.3 Å². The quantitative estimate of drug-likeness (QED) is 0.354. The minimum absolute atomic E-state index is 0.0283. The predicted octanol–water partition coefficient (Wildman–Crippen LogP) is 3.60. The number of thioether (sulfide) groups is 2. The average molecular weight is 482 g/mol. The topological polar surface area (TPSA) is 87.3 Å². The lowest BCUT2D eigenvalue weighted by atomic mass is 10.0. The van der Waals surface area contributed by atoms with Gasteiger partial charge >= 0.3 is 0 Å². The summed E-state index contributed by atoms with van der Waals surface area (Å²) in [4.78, 5) is 37.9. The fraction of sp³-hybridized carbons (Fsp3) is 0.625. The van der Waals surface area contributed by atoms with E-state index in [1.165, 1.54) is 6.92 Å². The SMILES string of the molecule is CCSC(SCC)[C@H](C)NC(=O)[C@H](CC(C)C)NC(=O)[C@H](Cc1ccccc1)NC(C)=O. The van der Waals surface area contributed by atoms with Crippen LogP contribution in [0.15, 0.2) is 30.3 Å². The monoisotopic (exact) mass is 481 g/mol. The Morgan fingerprint density at radius 1 is 0.844 bits per heavy atom. The molecule has 0 unspecified atom stereocenters. The summed E-state index contributed by atoms with van der Waals surface area (Å²) in [6.45, 7) is 11.7. The molecule has 8 heteroatoms. The smallest absolute Gasteiger partial charge is 0.243 e. The van der Waals surface area contributed by atoms with E-state index in [-0.39, 0.29) is 34.3 Å². The standard InChI is InChI=1S/C24H39N3O3S2/c1-7-31-24(32-8-2)17(5)25-22(29)20(14-16(3)4)27-23(30)21(26-18(6)28)15-19-12-10-9-11-13-19/h9-13,16-17,20-21,24H,7-8,14-15H2,1-6H3,(H,25,29)(H,26,28)(H,27,30)/t17-,20-,21-/m0/s1. The number of hydrogen-bond donors (Lipinski definition) is 3. The van der Waals surface area contributed by atoms with E-state index in [1.54, 1.807) is 0 Å². The van der Waals surface area contributed by atoms with Gasteiger partial charge in [0, 0.05) is 19.4 Å². The fourth-order valence-corrected chi connectivity index (χ4v) is 5.91. The number of nitrogens with one attached hydrogen (secondary N) is 3. The van der Waals surface area contributed by atoms with Gasteiger partial charge in [-0.1, -0.05) is 58.0 Å². The Labute approximate surface area is 201 Å². The van der Waals surface area contributed by atoms with Gasteiger partial charge in [0.1, 0.15) is 12.1 Å². The van der Waals surface area contributed by atoms with Crippen molar-refractivity contribution in [3.05, 3.63) is 35.9 Å². The van der Waals surface area contributed by atoms with Gasteiger partial charge in [-0.3, -0.25) is 14.4 Å². The van der Waals surface area contributed by atoms with Crippen LogP contribution < -0.4 is 16.0 Å². The molecule has 3 amide bonds. The lowest BCUT2D eigenvalue weighted by Gasteiger charge is -2.28. The summed E-state index contributed by atoms with van der Waals surface area (Å²) in [5.74, 6) is 1.36. The Bertz CT molecular complexity index is 710. The Kier molecular flexibility index (Phi) is 13.5. The second-order valence-electron chi connectivity index (χ2n) is 8.21. The van der Waals surface area contributed by atoms with Gasteiger partial charge < -0.3 is 16.0 Å². The van der Waals surface area contributed by atoms with E-state index in [0.29, 0.717) is 12.8 Å². The highest BCUT2D eigenvalue weighted by molar-refractivity contribution is 8.17. The Morgan fingerprint density at radius 2 is 1.41 bits per heavy atom. The highest BCUT2D eigenvalue weighted by Gasteiger charge is 2.29. The molecule has 1 aromatic carbocycles. The van der Waals surface area contributed by atoms with Gasteiger partial charge in [-0.25, -0.2) is 0 Å². The molecule has 0 fully saturated rings. The van der Waals surface area contributed by atoms with Crippen molar-refractivity contribution in [2.75, 3.05) is 11.5 Å². The molecule has 1 aromatic rings. The van der Waals surface area contributed by atoms with Crippen LogP contribution in [0.4, 0.5) is 0 Å². The maximum absolute atomic E-state index is 13.1. The number of rotatable bonds is 14. The third-order valence-corrected chi connectivity index (χ3v) is 7.71. The maximum atomic E-state index is 13.1. The van der Waals surface area contributed by atoms with Crippen molar-refractivity contribution < 1.29 is 14.4 Å². The molecule has 6 nitrogen and oxygen atoms in total. The summed E-state index contributed by atoms with van der Waals surface area (Å²) in [5, 5.41) is 8.74. The molecule has 0 aliphatic rings. The number of hydrogen-bond acceptors (Lipinski definition) is 5. The van der Waals surface area contributed by atoms with Gasteiger partial charge in [0.2, 0.25) is 17.7 Å². The molecule has 3 atom stereocenters. The highest BCUT2D eigenvalue weighted by atomic mass is 32.2. The zero-order valence-electron chi connectivity index (χ0n) is 20.1. The van der Waals surface area contributed by atoms with Crippen LogP contribution in [0.3, 0.4) is 0 Å². The lowest BCUT2D eigenvalue weighted by molar-refractivity contribution is -0.132. The van der Waals surface area contributed by atoms with Gasteiger partial charge in [-0.2, -0.15) is 0 Å². The zero-order chi connectivity index (χ0) is 24.1. The van der Waals surface area contributed by atoms with Gasteiger partial charge in [0.05, 0.1) is 4.58 Å². The molecular weight excluding hydrogens is 442 g/mol. The van der Waals surface area contributed by atoms with Crippen LogP contribution in [-0.2, 0) is 20.8 Å². The minimum atomic E-state index is -0.742. The molecule has 0 spiro atoms. The molecule has 0 radical (unpaired) electrons. The first kappa shape index (κ1) is 28.4. The lowest BCUT2D eigenvalue weighted by Crippen LogP contribution is -2.56. The Morgan fingerprint density at radius 3 is 1.91 bits per heavy atom. The van der Waals surface area contributed by atoms with Crippen molar-refractivity contribution in [2.24, 2.45) is 5.92 Å². The number of carbonyl (C=O) groups is 3. The van der Waals surface area contributed by atoms with Gasteiger partial charge in [0.25, 0.3) is 0 Å². The van der Waals surface area contributed by atoms with E-state index < -0.39 is 12.1 Å². The molecule has 0 heterocycles. The molecule has 3 N–H and O–H groups in total. The number of carbonyl (C=O) groups excluding carboxylic acids is 3. The van der Waals surface area contributed by atoms with E-state index in [2.05, 4.69) is 29.8 Å². The van der Waals surface area contributed by atoms with Crippen molar-refractivity contribution in [2.45, 2.75) is 77.1 Å². The van der Waals surface area contributed by atoms with Gasteiger partial charge in [0.15, 0.2) is 0 Å². The molecule has 1 rings (SSSR count). The zero-order valence-corrected chi connectivity index (χ0v) is 21.8. The predicted molar refractivity (Wildman–Crippen MR) is 137 cm³/mol. The summed E-state index contributed by atoms with van der Waals surface area (Å²) in [6.07, 6.45) is 0.885. The number of amides is 3. The normalized spacial score (nSPS) is 14.0. The van der Waals surface area contributed by atoms with Crippen LogP contribution in [0.2, 0.25) is 0 Å². The molecule has 0 aliphatic heterocycles. The third kappa shape index (κ3) is 10.8. The van der Waals surface area contributed by atoms with E-state index in [9.17, 15) is 14.4 Å². The van der Waals surface area contributed by atoms with Gasteiger partial charge in [-0.15, -0.1) is 23.5 Å². The van der Waals surface area contributed by atoms with E-state index >= 15 is 0 Å². The van der Waals surface area contributed by atoms with Crippen molar-refractivity contribution in [3.63, 3.8) is 0 Å². The molecule has 0 aliphatic carbocycles. The summed E-state index contributed by atoms with van der Waals surface area (Å²) >= 11 is 3.63. The largest absolute Gasteiger partial charge is 0.350 e. The molecule has 180 valence electrons. The van der Waals surface area contributed by atoms with Crippen LogP contribution in [-0.4, -0.2) is 51.9 Å². The maximum Gasteiger partial charge on any atom is 0.243 e. The molecule has 0 aromatic heterocycles. The third-order valence-electron chi connectivity index (χ3n) is 4.76. The number of benzene rings is 1. The first-order chi connectivity index (χ1) is 15.2. The van der Waals surface area contributed by atoms with E-state index in [1.807, 2.05) is 74.6 Å². The second kappa shape index (κ2) is 15.2. The van der Waals surface area contributed by atoms with E-state index in [0.717, 1.165) is 17.1 Å². The highest BCUT2D eigenvalue weighted by Crippen LogP contribution is 2.26. The Hall–Kier alpha value is -1.67. The molecule has 32 heavy (non-hydrogen) atoms. The van der Waals surface area contributed by atoms with Crippen LogP contribution >= 0.6 is 23.5 Å². The summed E-state index contributed by atoms with van der Waals surface area (Å²) < 4.78 is 0.259. The molecule has 0 saturated heterocycles. The van der Waals surface area contributed by atoms with Crippen molar-refractivity contribution in [3.8, 4) is 0 Å². The summed E-state index contributed by atoms with van der Waals surface area (Å²) in [5.41, 5.74) is 0.941. The van der Waals surface area contributed by atoms with Crippen molar-refractivity contribution in [1.29, 1.82) is 0 Å². The average Bonchev–Trinajstić information content (AvgIpc) is 2.72. The van der Waals surface area contributed by atoms with E-state index in [4.69, 9.17) is 0 Å². The van der Waals surface area contributed by atoms with Crippen LogP contribution in [0, 0.1) is 5.92 Å². The van der Waals surface area contributed by atoms with Crippen molar-refractivity contribution in [1.82, 2.24) is 16.0 Å². The molecule has 0 saturated carbocycles. The van der Waals surface area contributed by atoms with Crippen LogP contribution in [0.25, 0.3) is 0 Å². The fourth-order valence-electron chi connectivity index (χ4n) is 3.34. The van der Waals surface area contributed by atoms with Crippen molar-refractivity contribution >= 4 is 41.2 Å². The first-order valence-corrected chi connectivity index (χ1v) is 13.4. The second-order valence-corrected chi connectivity index (χ2v) is 11.3. The molecule has 0 bridgehead atoms. The summed E-state index contributed by atoms with van der Waals surface area (Å²) in [7, 11) is 0. The first-order valence-electron chi connectivity index (χ1n) is 11.3. The minimum Gasteiger partial charge on any atom is -0.350 e.